The van der Waals surface area contributed by atoms with Crippen molar-refractivity contribution in [3.63, 3.8) is 0 Å². The van der Waals surface area contributed by atoms with E-state index in [2.05, 4.69) is 5.32 Å². The van der Waals surface area contributed by atoms with E-state index in [0.29, 0.717) is 18.9 Å². The van der Waals surface area contributed by atoms with Crippen LogP contribution in [0.3, 0.4) is 0 Å². The fourth-order valence-electron chi connectivity index (χ4n) is 5.42. The normalized spacial score (nSPS) is 18.3. The van der Waals surface area contributed by atoms with Crippen LogP contribution in [0.4, 0.5) is 14.5 Å². The van der Waals surface area contributed by atoms with Crippen LogP contribution in [-0.2, 0) is 9.59 Å². The molecule has 0 bridgehead atoms. The van der Waals surface area contributed by atoms with E-state index in [0.717, 1.165) is 47.3 Å². The highest BCUT2D eigenvalue weighted by molar-refractivity contribution is 6.02. The van der Waals surface area contributed by atoms with Crippen LogP contribution in [0.2, 0.25) is 0 Å². The zero-order valence-electron chi connectivity index (χ0n) is 21.4. The second kappa shape index (κ2) is 12.2. The Morgan fingerprint density at radius 1 is 0.950 bits per heavy atom. The Balaban J connectivity index is 1.68. The second-order valence-corrected chi connectivity index (χ2v) is 9.95. The maximum absolute atomic E-state index is 13.9. The number of hydrogen-bond donors (Lipinski definition) is 2. The number of carboxylic acids is 1. The molecule has 0 radical (unpaired) electrons. The molecule has 2 fully saturated rings. The molecule has 1 aliphatic carbocycles. The molecule has 4 rings (SSSR count). The lowest BCUT2D eigenvalue weighted by molar-refractivity contribution is -0.384. The van der Waals surface area contributed by atoms with Crippen LogP contribution in [0.15, 0.2) is 42.5 Å². The maximum Gasteiger partial charge on any atom is 0.305 e. The van der Waals surface area contributed by atoms with Crippen LogP contribution in [0.25, 0.3) is 0 Å². The van der Waals surface area contributed by atoms with Crippen LogP contribution < -0.4 is 5.32 Å². The molecule has 2 aromatic rings. The number of carboxylic acid groups (broad SMARTS) is 1. The number of nitro groups is 1. The van der Waals surface area contributed by atoms with Gasteiger partial charge < -0.3 is 20.2 Å². The number of carbonyl (C=O) groups excluding carboxylic acids is 3. The largest absolute Gasteiger partial charge is 0.481 e. The predicted molar refractivity (Wildman–Crippen MR) is 136 cm³/mol. The lowest BCUT2D eigenvalue weighted by Gasteiger charge is -2.34. The van der Waals surface area contributed by atoms with Gasteiger partial charge in [0, 0.05) is 48.5 Å². The fourth-order valence-corrected chi connectivity index (χ4v) is 5.42. The maximum atomic E-state index is 13.9. The topological polar surface area (TPSA) is 150 Å². The van der Waals surface area contributed by atoms with Crippen molar-refractivity contribution in [1.29, 1.82) is 0 Å². The Labute approximate surface area is 227 Å². The van der Waals surface area contributed by atoms with Gasteiger partial charge in [-0.05, 0) is 37.0 Å². The average molecular weight is 559 g/mol. The summed E-state index contributed by atoms with van der Waals surface area (Å²) in [6.07, 6.45) is 2.16. The van der Waals surface area contributed by atoms with Crippen molar-refractivity contribution >= 4 is 29.4 Å². The molecule has 40 heavy (non-hydrogen) atoms. The fraction of sp³-hybridized carbons (Fsp3) is 0.407. The van der Waals surface area contributed by atoms with E-state index in [9.17, 15) is 43.2 Å². The molecule has 0 spiro atoms. The standard InChI is InChI=1S/C27H28F2N4O7/c28-19-11-18(12-20(29)14-19)27(38)32-10-9-31(26(37)17-7-4-8-21(13-17)33(39)40)25(32)24(36)30-22(15-23(34)35)16-5-2-1-3-6-16/h4,7-8,11-14,16,22,25H,1-3,5-6,9-10,15H2,(H,30,36)(H,34,35). The number of nitro benzene ring substituents is 1. The Kier molecular flexibility index (Phi) is 8.70. The van der Waals surface area contributed by atoms with E-state index in [1.807, 2.05) is 0 Å². The molecule has 1 aliphatic heterocycles. The van der Waals surface area contributed by atoms with Crippen molar-refractivity contribution < 1.29 is 38.0 Å². The molecule has 2 N–H and O–H groups in total. The molecular weight excluding hydrogens is 530 g/mol. The predicted octanol–water partition coefficient (Wildman–Crippen LogP) is 3.34. The van der Waals surface area contributed by atoms with E-state index >= 15 is 0 Å². The number of hydrogen-bond acceptors (Lipinski definition) is 6. The number of benzene rings is 2. The van der Waals surface area contributed by atoms with Crippen molar-refractivity contribution in [2.75, 3.05) is 13.1 Å². The highest BCUT2D eigenvalue weighted by atomic mass is 19.1. The Bertz CT molecular complexity index is 1310. The molecule has 2 aliphatic rings. The first kappa shape index (κ1) is 28.6. The van der Waals surface area contributed by atoms with Gasteiger partial charge in [0.2, 0.25) is 0 Å². The second-order valence-electron chi connectivity index (χ2n) is 9.95. The lowest BCUT2D eigenvalue weighted by atomic mass is 9.82. The summed E-state index contributed by atoms with van der Waals surface area (Å²) < 4.78 is 27.8. The lowest BCUT2D eigenvalue weighted by Crippen LogP contribution is -2.57. The van der Waals surface area contributed by atoms with Crippen molar-refractivity contribution in [2.45, 2.75) is 50.7 Å². The first-order valence-electron chi connectivity index (χ1n) is 12.9. The number of halogens is 2. The van der Waals surface area contributed by atoms with Crippen LogP contribution in [0.5, 0.6) is 0 Å². The van der Waals surface area contributed by atoms with Gasteiger partial charge in [-0.1, -0.05) is 25.3 Å². The van der Waals surface area contributed by atoms with Crippen molar-refractivity contribution in [1.82, 2.24) is 15.1 Å². The number of amides is 3. The quantitative estimate of drug-likeness (QED) is 0.373. The Hall–Kier alpha value is -4.42. The number of nitrogens with zero attached hydrogens (tertiary/aromatic N) is 3. The summed E-state index contributed by atoms with van der Waals surface area (Å²) in [4.78, 5) is 64.8. The summed E-state index contributed by atoms with van der Waals surface area (Å²) in [6, 6.07) is 6.29. The first-order chi connectivity index (χ1) is 19.0. The first-order valence-corrected chi connectivity index (χ1v) is 12.9. The van der Waals surface area contributed by atoms with Gasteiger partial charge in [-0.2, -0.15) is 0 Å². The molecule has 2 unspecified atom stereocenters. The molecule has 2 aromatic carbocycles. The molecule has 2 atom stereocenters. The third kappa shape index (κ3) is 6.41. The highest BCUT2D eigenvalue weighted by Crippen LogP contribution is 2.29. The van der Waals surface area contributed by atoms with Crippen molar-refractivity contribution in [3.05, 3.63) is 75.3 Å². The summed E-state index contributed by atoms with van der Waals surface area (Å²) in [5.41, 5.74) is -0.838. The molecular formula is C27H28F2N4O7. The highest BCUT2D eigenvalue weighted by Gasteiger charge is 2.44. The SMILES string of the molecule is O=C(O)CC(NC(=O)C1N(C(=O)c2cc(F)cc(F)c2)CCN1C(=O)c1cccc([N+](=O)[O-])c1)C1CCCCC1. The van der Waals surface area contributed by atoms with Crippen molar-refractivity contribution in [2.24, 2.45) is 5.92 Å². The van der Waals surface area contributed by atoms with Gasteiger partial charge in [-0.25, -0.2) is 8.78 Å². The minimum Gasteiger partial charge on any atom is -0.481 e. The van der Waals surface area contributed by atoms with Gasteiger partial charge in [0.1, 0.15) is 11.6 Å². The van der Waals surface area contributed by atoms with Gasteiger partial charge in [0.15, 0.2) is 6.17 Å². The zero-order valence-corrected chi connectivity index (χ0v) is 21.4. The van der Waals surface area contributed by atoms with Gasteiger partial charge in [0.05, 0.1) is 11.3 Å². The van der Waals surface area contributed by atoms with Crippen LogP contribution in [0.1, 0.15) is 59.2 Å². The van der Waals surface area contributed by atoms with Gasteiger partial charge in [-0.3, -0.25) is 29.3 Å². The number of carbonyl (C=O) groups is 4. The average Bonchev–Trinajstić information content (AvgIpc) is 3.37. The molecule has 13 heteroatoms. The van der Waals surface area contributed by atoms with Crippen LogP contribution in [0, 0.1) is 27.7 Å². The molecule has 11 nitrogen and oxygen atoms in total. The summed E-state index contributed by atoms with van der Waals surface area (Å²) in [5.74, 6) is -5.80. The third-order valence-electron chi connectivity index (χ3n) is 7.28. The number of nitrogens with one attached hydrogen (secondary N) is 1. The monoisotopic (exact) mass is 558 g/mol. The van der Waals surface area contributed by atoms with E-state index < -0.39 is 52.5 Å². The van der Waals surface area contributed by atoms with Crippen LogP contribution in [-0.4, -0.2) is 68.8 Å². The van der Waals surface area contributed by atoms with Crippen LogP contribution >= 0.6 is 0 Å². The van der Waals surface area contributed by atoms with Gasteiger partial charge in [0.25, 0.3) is 23.4 Å². The van der Waals surface area contributed by atoms with E-state index in [1.165, 1.54) is 18.2 Å². The molecule has 1 heterocycles. The number of rotatable bonds is 8. The summed E-state index contributed by atoms with van der Waals surface area (Å²) in [6.45, 7) is -0.334. The molecule has 3 amide bonds. The Morgan fingerprint density at radius 2 is 1.55 bits per heavy atom. The number of non-ortho nitro benzene ring substituents is 1. The molecule has 212 valence electrons. The smallest absolute Gasteiger partial charge is 0.305 e. The zero-order chi connectivity index (χ0) is 29.0. The van der Waals surface area contributed by atoms with Crippen molar-refractivity contribution in [3.8, 4) is 0 Å². The summed E-state index contributed by atoms with van der Waals surface area (Å²) in [7, 11) is 0. The van der Waals surface area contributed by atoms with E-state index in [-0.39, 0.29) is 42.2 Å². The minimum absolute atomic E-state index is 0.104. The molecule has 1 saturated carbocycles. The van der Waals surface area contributed by atoms with Gasteiger partial charge >= 0.3 is 5.97 Å². The van der Waals surface area contributed by atoms with E-state index in [4.69, 9.17) is 0 Å². The molecule has 0 aromatic heterocycles. The molecule has 1 saturated heterocycles. The Morgan fingerprint density at radius 3 is 2.12 bits per heavy atom. The summed E-state index contributed by atoms with van der Waals surface area (Å²) >= 11 is 0. The summed E-state index contributed by atoms with van der Waals surface area (Å²) in [5, 5.41) is 23.4. The van der Waals surface area contributed by atoms with E-state index in [1.54, 1.807) is 0 Å². The number of aliphatic carboxylic acids is 1. The van der Waals surface area contributed by atoms with Gasteiger partial charge in [-0.15, -0.1) is 0 Å². The minimum atomic E-state index is -1.59. The third-order valence-corrected chi connectivity index (χ3v) is 7.28.